The molecule has 10 heavy (non-hydrogen) atoms. The van der Waals surface area contributed by atoms with Crippen LogP contribution < -0.4 is 5.73 Å². The maximum Gasteiger partial charge on any atom is 0.315 e. The van der Waals surface area contributed by atoms with Crippen molar-refractivity contribution in [1.82, 2.24) is 4.90 Å². The molecule has 1 atom stereocenters. The maximum atomic E-state index is 10.7. The van der Waals surface area contributed by atoms with Gasteiger partial charge in [-0.15, -0.1) is 0 Å². The second-order valence-electron chi connectivity index (χ2n) is 2.46. The number of hydrogen-bond donors (Lipinski definition) is 1. The zero-order valence-corrected chi connectivity index (χ0v) is 6.04. The van der Waals surface area contributed by atoms with Crippen LogP contribution in [0.15, 0.2) is 0 Å². The van der Waals surface area contributed by atoms with E-state index in [-0.39, 0.29) is 12.1 Å². The lowest BCUT2D eigenvalue weighted by Crippen LogP contribution is -2.49. The molecule has 2 amide bonds. The van der Waals surface area contributed by atoms with Crippen LogP contribution in [0, 0.1) is 0 Å². The summed E-state index contributed by atoms with van der Waals surface area (Å²) in [6.07, 6.45) is 0. The third-order valence-electron chi connectivity index (χ3n) is 1.65. The number of ether oxygens (including phenoxy) is 1. The molecule has 1 rings (SSSR count). The van der Waals surface area contributed by atoms with Crippen molar-refractivity contribution in [2.75, 3.05) is 19.8 Å². The van der Waals surface area contributed by atoms with Gasteiger partial charge < -0.3 is 15.4 Å². The second kappa shape index (κ2) is 2.88. The number of nitrogens with zero attached hydrogens (tertiary/aromatic N) is 1. The quantitative estimate of drug-likeness (QED) is 0.511. The van der Waals surface area contributed by atoms with Crippen LogP contribution in [-0.2, 0) is 4.74 Å². The first kappa shape index (κ1) is 7.34. The Morgan fingerprint density at radius 1 is 1.80 bits per heavy atom. The van der Waals surface area contributed by atoms with Crippen molar-refractivity contribution in [1.29, 1.82) is 0 Å². The van der Waals surface area contributed by atoms with E-state index in [0.29, 0.717) is 19.8 Å². The third-order valence-corrected chi connectivity index (χ3v) is 1.65. The molecular formula is C6H12N2O2. The topological polar surface area (TPSA) is 55.6 Å². The molecule has 1 heterocycles. The highest BCUT2D eigenvalue weighted by Crippen LogP contribution is 2.04. The predicted octanol–water partition coefficient (Wildman–Crippen LogP) is -0.214. The fourth-order valence-electron chi connectivity index (χ4n) is 1.05. The van der Waals surface area contributed by atoms with Gasteiger partial charge in [-0.3, -0.25) is 0 Å². The molecule has 1 aliphatic heterocycles. The molecule has 0 radical (unpaired) electrons. The second-order valence-corrected chi connectivity index (χ2v) is 2.46. The minimum absolute atomic E-state index is 0.131. The molecule has 0 aromatic rings. The van der Waals surface area contributed by atoms with Crippen LogP contribution in [0.25, 0.3) is 0 Å². The Kier molecular flexibility index (Phi) is 2.11. The lowest BCUT2D eigenvalue weighted by Gasteiger charge is -2.31. The zero-order valence-electron chi connectivity index (χ0n) is 6.04. The number of nitrogens with two attached hydrogens (primary N) is 1. The number of rotatable bonds is 0. The largest absolute Gasteiger partial charge is 0.377 e. The minimum atomic E-state index is -0.351. The van der Waals surface area contributed by atoms with E-state index >= 15 is 0 Å². The standard InChI is InChI=1S/C6H12N2O2/c1-5-4-10-3-2-8(5)6(7)9/h5H,2-4H2,1H3,(H2,7,9). The molecule has 4 nitrogen and oxygen atoms in total. The molecule has 1 aliphatic rings. The summed E-state index contributed by atoms with van der Waals surface area (Å²) in [6, 6.07) is -0.220. The average Bonchev–Trinajstić information content (AvgIpc) is 1.88. The molecule has 2 N–H and O–H groups in total. The van der Waals surface area contributed by atoms with Crippen LogP contribution in [0.1, 0.15) is 6.92 Å². The number of carbonyl (C=O) groups excluding carboxylic acids is 1. The van der Waals surface area contributed by atoms with Crippen molar-refractivity contribution in [3.8, 4) is 0 Å². The Labute approximate surface area is 59.9 Å². The minimum Gasteiger partial charge on any atom is -0.377 e. The number of primary amides is 1. The van der Waals surface area contributed by atoms with Crippen molar-refractivity contribution >= 4 is 6.03 Å². The number of morpholine rings is 1. The fraction of sp³-hybridized carbons (Fsp3) is 0.833. The summed E-state index contributed by atoms with van der Waals surface area (Å²) in [5, 5.41) is 0. The Bertz CT molecular complexity index is 138. The average molecular weight is 144 g/mol. The number of urea groups is 1. The number of hydrogen-bond acceptors (Lipinski definition) is 2. The monoisotopic (exact) mass is 144 g/mol. The zero-order chi connectivity index (χ0) is 7.56. The lowest BCUT2D eigenvalue weighted by atomic mass is 10.3. The van der Waals surface area contributed by atoms with E-state index < -0.39 is 0 Å². The van der Waals surface area contributed by atoms with E-state index in [1.54, 1.807) is 4.90 Å². The molecule has 4 heteroatoms. The highest BCUT2D eigenvalue weighted by molar-refractivity contribution is 5.72. The smallest absolute Gasteiger partial charge is 0.315 e. The predicted molar refractivity (Wildman–Crippen MR) is 36.6 cm³/mol. The maximum absolute atomic E-state index is 10.7. The van der Waals surface area contributed by atoms with E-state index in [0.717, 1.165) is 0 Å². The Balaban J connectivity index is 2.47. The van der Waals surface area contributed by atoms with Crippen LogP contribution >= 0.6 is 0 Å². The van der Waals surface area contributed by atoms with Crippen LogP contribution in [0.3, 0.4) is 0 Å². The van der Waals surface area contributed by atoms with Crippen molar-refractivity contribution in [3.63, 3.8) is 0 Å². The van der Waals surface area contributed by atoms with Gasteiger partial charge in [0, 0.05) is 6.54 Å². The third kappa shape index (κ3) is 1.39. The summed E-state index contributed by atoms with van der Waals surface area (Å²) in [5.41, 5.74) is 5.09. The molecule has 0 aromatic carbocycles. The number of carbonyl (C=O) groups is 1. The van der Waals surface area contributed by atoms with Gasteiger partial charge >= 0.3 is 6.03 Å². The molecule has 0 saturated carbocycles. The van der Waals surface area contributed by atoms with E-state index in [1.807, 2.05) is 6.92 Å². The summed E-state index contributed by atoms with van der Waals surface area (Å²) < 4.78 is 5.11. The molecule has 1 saturated heterocycles. The van der Waals surface area contributed by atoms with Gasteiger partial charge in [0.25, 0.3) is 0 Å². The summed E-state index contributed by atoms with van der Waals surface area (Å²) >= 11 is 0. The first-order chi connectivity index (χ1) is 4.72. The van der Waals surface area contributed by atoms with Crippen LogP contribution in [0.5, 0.6) is 0 Å². The highest BCUT2D eigenvalue weighted by atomic mass is 16.5. The van der Waals surface area contributed by atoms with Gasteiger partial charge in [-0.25, -0.2) is 4.79 Å². The van der Waals surface area contributed by atoms with Gasteiger partial charge in [-0.2, -0.15) is 0 Å². The molecule has 0 spiro atoms. The summed E-state index contributed by atoms with van der Waals surface area (Å²) in [7, 11) is 0. The fourth-order valence-corrected chi connectivity index (χ4v) is 1.05. The highest BCUT2D eigenvalue weighted by Gasteiger charge is 2.20. The molecule has 0 aliphatic carbocycles. The van der Waals surface area contributed by atoms with E-state index in [2.05, 4.69) is 0 Å². The Hall–Kier alpha value is -0.770. The van der Waals surface area contributed by atoms with E-state index in [4.69, 9.17) is 10.5 Å². The van der Waals surface area contributed by atoms with Crippen LogP contribution in [-0.4, -0.2) is 36.7 Å². The summed E-state index contributed by atoms with van der Waals surface area (Å²) in [4.78, 5) is 12.3. The first-order valence-electron chi connectivity index (χ1n) is 3.35. The van der Waals surface area contributed by atoms with Crippen molar-refractivity contribution < 1.29 is 9.53 Å². The van der Waals surface area contributed by atoms with Crippen molar-refractivity contribution in [3.05, 3.63) is 0 Å². The molecular weight excluding hydrogens is 132 g/mol. The lowest BCUT2D eigenvalue weighted by molar-refractivity contribution is 0.0211. The van der Waals surface area contributed by atoms with Gasteiger partial charge in [-0.05, 0) is 6.92 Å². The van der Waals surface area contributed by atoms with E-state index in [1.165, 1.54) is 0 Å². The molecule has 1 unspecified atom stereocenters. The SMILES string of the molecule is CC1COCCN1C(N)=O. The molecule has 1 fully saturated rings. The van der Waals surface area contributed by atoms with Gasteiger partial charge in [0.2, 0.25) is 0 Å². The normalized spacial score (nSPS) is 26.5. The molecule has 0 aromatic heterocycles. The van der Waals surface area contributed by atoms with E-state index in [9.17, 15) is 4.79 Å². The van der Waals surface area contributed by atoms with Gasteiger partial charge in [0.15, 0.2) is 0 Å². The molecule has 0 bridgehead atoms. The summed E-state index contributed by atoms with van der Waals surface area (Å²) in [6.45, 7) is 3.75. The Morgan fingerprint density at radius 2 is 2.50 bits per heavy atom. The van der Waals surface area contributed by atoms with Crippen molar-refractivity contribution in [2.24, 2.45) is 5.73 Å². The van der Waals surface area contributed by atoms with Gasteiger partial charge in [-0.1, -0.05) is 0 Å². The molecule has 58 valence electrons. The Morgan fingerprint density at radius 3 is 2.90 bits per heavy atom. The summed E-state index contributed by atoms with van der Waals surface area (Å²) in [5.74, 6) is 0. The van der Waals surface area contributed by atoms with Crippen molar-refractivity contribution in [2.45, 2.75) is 13.0 Å². The van der Waals surface area contributed by atoms with Gasteiger partial charge in [0.05, 0.1) is 19.3 Å². The van der Waals surface area contributed by atoms with Crippen LogP contribution in [0.2, 0.25) is 0 Å². The first-order valence-corrected chi connectivity index (χ1v) is 3.35. The number of amides is 2. The van der Waals surface area contributed by atoms with Crippen LogP contribution in [0.4, 0.5) is 4.79 Å². The van der Waals surface area contributed by atoms with Gasteiger partial charge in [0.1, 0.15) is 0 Å².